The Hall–Kier alpha value is -2.39. The SMILES string of the molecule is C[C@@H](C(=O)OCC(=O)Nc1ccc(F)cc1)N1C(=O)c2c(Cl)c(Cl)c(Cl)c(Cl)c2C1=O. The summed E-state index contributed by atoms with van der Waals surface area (Å²) < 4.78 is 17.8. The second-order valence-corrected chi connectivity index (χ2v) is 7.84. The predicted octanol–water partition coefficient (Wildman–Crippen LogP) is 4.61. The number of fused-ring (bicyclic) bond motifs is 1. The third-order valence-corrected chi connectivity index (χ3v) is 6.14. The fourth-order valence-corrected chi connectivity index (χ4v) is 3.83. The number of hydrogen-bond donors (Lipinski definition) is 1. The van der Waals surface area contributed by atoms with Gasteiger partial charge in [-0.15, -0.1) is 0 Å². The van der Waals surface area contributed by atoms with Gasteiger partial charge in [0.15, 0.2) is 6.61 Å². The number of halogens is 5. The molecule has 3 rings (SSSR count). The van der Waals surface area contributed by atoms with Crippen molar-refractivity contribution in [1.29, 1.82) is 0 Å². The third kappa shape index (κ3) is 4.34. The van der Waals surface area contributed by atoms with Crippen molar-refractivity contribution in [2.75, 3.05) is 11.9 Å². The number of carbonyl (C=O) groups excluding carboxylic acids is 4. The van der Waals surface area contributed by atoms with Crippen LogP contribution in [-0.2, 0) is 14.3 Å². The zero-order valence-corrected chi connectivity index (χ0v) is 18.5. The van der Waals surface area contributed by atoms with Gasteiger partial charge in [-0.1, -0.05) is 46.4 Å². The molecule has 0 aliphatic carbocycles. The van der Waals surface area contributed by atoms with Gasteiger partial charge in [0.25, 0.3) is 17.7 Å². The number of hydrogen-bond acceptors (Lipinski definition) is 5. The van der Waals surface area contributed by atoms with Crippen LogP contribution in [0, 0.1) is 5.82 Å². The summed E-state index contributed by atoms with van der Waals surface area (Å²) in [7, 11) is 0. The van der Waals surface area contributed by atoms with Crippen molar-refractivity contribution in [3.8, 4) is 0 Å². The number of ether oxygens (including phenoxy) is 1. The number of nitrogens with zero attached hydrogens (tertiary/aromatic N) is 1. The van der Waals surface area contributed by atoms with Gasteiger partial charge in [0, 0.05) is 5.69 Å². The summed E-state index contributed by atoms with van der Waals surface area (Å²) in [6.07, 6.45) is 0. The van der Waals surface area contributed by atoms with E-state index in [1.807, 2.05) is 0 Å². The van der Waals surface area contributed by atoms with Crippen molar-refractivity contribution >= 4 is 75.8 Å². The highest BCUT2D eigenvalue weighted by atomic mass is 35.5. The topological polar surface area (TPSA) is 92.8 Å². The van der Waals surface area contributed by atoms with Crippen molar-refractivity contribution in [2.45, 2.75) is 13.0 Å². The lowest BCUT2D eigenvalue weighted by Gasteiger charge is -2.20. The highest BCUT2D eigenvalue weighted by Crippen LogP contribution is 2.45. The smallest absolute Gasteiger partial charge is 0.329 e. The van der Waals surface area contributed by atoms with Gasteiger partial charge in [0.1, 0.15) is 11.9 Å². The van der Waals surface area contributed by atoms with Crippen molar-refractivity contribution < 1.29 is 28.3 Å². The maximum absolute atomic E-state index is 12.9. The largest absolute Gasteiger partial charge is 0.454 e. The van der Waals surface area contributed by atoms with Crippen molar-refractivity contribution in [3.63, 3.8) is 0 Å². The molecule has 2 aromatic rings. The highest BCUT2D eigenvalue weighted by molar-refractivity contribution is 6.55. The lowest BCUT2D eigenvalue weighted by atomic mass is 10.1. The Kier molecular flexibility index (Phi) is 6.76. The number of amides is 3. The van der Waals surface area contributed by atoms with Crippen LogP contribution in [0.25, 0.3) is 0 Å². The molecule has 0 radical (unpaired) electrons. The molecule has 31 heavy (non-hydrogen) atoms. The average molecular weight is 508 g/mol. The average Bonchev–Trinajstić information content (AvgIpc) is 3.00. The quantitative estimate of drug-likeness (QED) is 0.276. The molecule has 7 nitrogen and oxygen atoms in total. The lowest BCUT2D eigenvalue weighted by Crippen LogP contribution is -2.44. The number of carbonyl (C=O) groups is 4. The molecule has 1 heterocycles. The molecule has 1 atom stereocenters. The maximum Gasteiger partial charge on any atom is 0.329 e. The molecule has 0 unspecified atom stereocenters. The summed E-state index contributed by atoms with van der Waals surface area (Å²) in [4.78, 5) is 50.4. The fourth-order valence-electron chi connectivity index (χ4n) is 2.81. The maximum atomic E-state index is 12.9. The second-order valence-electron chi connectivity index (χ2n) is 6.32. The molecular weight excluding hydrogens is 497 g/mol. The molecule has 1 N–H and O–H groups in total. The monoisotopic (exact) mass is 506 g/mol. The summed E-state index contributed by atoms with van der Waals surface area (Å²) >= 11 is 24.0. The molecule has 1 aliphatic heterocycles. The van der Waals surface area contributed by atoms with Gasteiger partial charge in [-0.25, -0.2) is 9.18 Å². The predicted molar refractivity (Wildman–Crippen MR) is 112 cm³/mol. The first-order chi connectivity index (χ1) is 14.5. The first-order valence-corrected chi connectivity index (χ1v) is 10.0. The molecule has 12 heteroatoms. The van der Waals surface area contributed by atoms with Crippen LogP contribution in [0.4, 0.5) is 10.1 Å². The van der Waals surface area contributed by atoms with E-state index in [0.717, 1.165) is 12.1 Å². The highest BCUT2D eigenvalue weighted by Gasteiger charge is 2.45. The molecule has 1 aliphatic rings. The summed E-state index contributed by atoms with van der Waals surface area (Å²) in [6.45, 7) is 0.524. The van der Waals surface area contributed by atoms with Crippen LogP contribution in [0.15, 0.2) is 24.3 Å². The minimum absolute atomic E-state index is 0.206. The minimum atomic E-state index is -1.41. The standard InChI is InChI=1S/C19H11Cl4FN2O5/c1-7(19(30)31-6-10(27)25-9-4-2-8(24)3-5-9)26-17(28)11-12(18(26)29)14(21)16(23)15(22)13(11)20/h2-5,7H,6H2,1H3,(H,25,27)/t7-/m0/s1. The number of benzene rings is 2. The van der Waals surface area contributed by atoms with Crippen LogP contribution in [-0.4, -0.2) is 41.2 Å². The van der Waals surface area contributed by atoms with E-state index in [9.17, 15) is 23.6 Å². The third-order valence-electron chi connectivity index (χ3n) is 4.33. The van der Waals surface area contributed by atoms with E-state index in [2.05, 4.69) is 5.32 Å². The Balaban J connectivity index is 1.71. The summed E-state index contributed by atoms with van der Waals surface area (Å²) in [5.74, 6) is -4.05. The van der Waals surface area contributed by atoms with Crippen LogP contribution in [0.1, 0.15) is 27.6 Å². The molecule has 0 saturated carbocycles. The first-order valence-electron chi connectivity index (χ1n) is 8.50. The molecule has 0 spiro atoms. The number of rotatable bonds is 5. The molecule has 0 fully saturated rings. The van der Waals surface area contributed by atoms with Gasteiger partial charge in [0.2, 0.25) is 0 Å². The zero-order valence-electron chi connectivity index (χ0n) is 15.5. The van der Waals surface area contributed by atoms with Gasteiger partial charge in [-0.3, -0.25) is 19.3 Å². The lowest BCUT2D eigenvalue weighted by molar-refractivity contribution is -0.150. The van der Waals surface area contributed by atoms with E-state index in [0.29, 0.717) is 4.90 Å². The van der Waals surface area contributed by atoms with Gasteiger partial charge in [0.05, 0.1) is 31.2 Å². The van der Waals surface area contributed by atoms with E-state index in [1.54, 1.807) is 0 Å². The number of nitrogens with one attached hydrogen (secondary N) is 1. The number of anilines is 1. The molecule has 0 saturated heterocycles. The normalized spacial score (nSPS) is 13.8. The van der Waals surface area contributed by atoms with Gasteiger partial charge < -0.3 is 10.1 Å². The van der Waals surface area contributed by atoms with Crippen LogP contribution in [0.5, 0.6) is 0 Å². The van der Waals surface area contributed by atoms with E-state index in [-0.39, 0.29) is 36.9 Å². The van der Waals surface area contributed by atoms with Crippen LogP contribution in [0.3, 0.4) is 0 Å². The number of imide groups is 1. The second kappa shape index (κ2) is 9.00. The van der Waals surface area contributed by atoms with Gasteiger partial charge in [-0.05, 0) is 31.2 Å². The molecule has 2 aromatic carbocycles. The first kappa shape index (κ1) is 23.3. The Bertz CT molecular complexity index is 1080. The minimum Gasteiger partial charge on any atom is -0.454 e. The zero-order chi connectivity index (χ0) is 23.0. The van der Waals surface area contributed by atoms with Crippen molar-refractivity contribution in [1.82, 2.24) is 4.90 Å². The summed E-state index contributed by atoms with van der Waals surface area (Å²) in [5.41, 5.74) is -0.270. The fraction of sp³-hybridized carbons (Fsp3) is 0.158. The Morgan fingerprint density at radius 2 is 1.45 bits per heavy atom. The van der Waals surface area contributed by atoms with Gasteiger partial charge >= 0.3 is 5.97 Å². The van der Waals surface area contributed by atoms with Crippen LogP contribution >= 0.6 is 46.4 Å². The Labute approximate surface area is 194 Å². The molecule has 162 valence electrons. The van der Waals surface area contributed by atoms with Crippen LogP contribution < -0.4 is 5.32 Å². The molecular formula is C19H11Cl4FN2O5. The van der Waals surface area contributed by atoms with E-state index in [4.69, 9.17) is 51.1 Å². The molecule has 0 aromatic heterocycles. The molecule has 0 bridgehead atoms. The van der Waals surface area contributed by atoms with Gasteiger partial charge in [-0.2, -0.15) is 0 Å². The molecule has 3 amide bonds. The Morgan fingerprint density at radius 1 is 0.968 bits per heavy atom. The van der Waals surface area contributed by atoms with Crippen molar-refractivity contribution in [3.05, 3.63) is 61.3 Å². The summed E-state index contributed by atoms with van der Waals surface area (Å²) in [5, 5.41) is 1.44. The Morgan fingerprint density at radius 3 is 1.94 bits per heavy atom. The van der Waals surface area contributed by atoms with Crippen LogP contribution in [0.2, 0.25) is 20.1 Å². The van der Waals surface area contributed by atoms with E-state index < -0.39 is 42.2 Å². The van der Waals surface area contributed by atoms with E-state index >= 15 is 0 Å². The van der Waals surface area contributed by atoms with Crippen molar-refractivity contribution in [2.24, 2.45) is 0 Å². The van der Waals surface area contributed by atoms with E-state index in [1.165, 1.54) is 19.1 Å². The number of esters is 1. The summed E-state index contributed by atoms with van der Waals surface area (Å²) in [6, 6.07) is 3.51.